The van der Waals surface area contributed by atoms with Crippen LogP contribution in [0.3, 0.4) is 0 Å². The second-order valence-corrected chi connectivity index (χ2v) is 7.57. The van der Waals surface area contributed by atoms with Crippen molar-refractivity contribution in [3.05, 3.63) is 41.6 Å². The van der Waals surface area contributed by atoms with E-state index < -0.39 is 13.4 Å². The quantitative estimate of drug-likeness (QED) is 0.485. The Balaban J connectivity index is 2.74. The van der Waals surface area contributed by atoms with Gasteiger partial charge in [-0.05, 0) is 21.5 Å². The van der Waals surface area contributed by atoms with E-state index >= 15 is 0 Å². The summed E-state index contributed by atoms with van der Waals surface area (Å²) < 4.78 is 21.9. The number of nitrogens with one attached hydrogen (secondary N) is 1. The molecule has 0 aliphatic carbocycles. The van der Waals surface area contributed by atoms with E-state index in [0.717, 1.165) is 4.48 Å². The lowest BCUT2D eigenvalue weighted by atomic mass is 10.1. The van der Waals surface area contributed by atoms with Gasteiger partial charge in [-0.3, -0.25) is 0 Å². The molecule has 2 rings (SSSR count). The van der Waals surface area contributed by atoms with Crippen molar-refractivity contribution in [2.24, 2.45) is 0 Å². The summed E-state index contributed by atoms with van der Waals surface area (Å²) in [5, 5.41) is 2.58. The highest BCUT2D eigenvalue weighted by molar-refractivity contribution is 9.15. The van der Waals surface area contributed by atoms with Crippen LogP contribution in [-0.4, -0.2) is 8.42 Å². The third kappa shape index (κ3) is 1.76. The van der Waals surface area contributed by atoms with Gasteiger partial charge in [0.25, 0.3) is 13.4 Å². The van der Waals surface area contributed by atoms with Gasteiger partial charge < -0.3 is 5.32 Å². The SMILES string of the molecule is O=S(=O)(Cl)C1(Cl)NC=C(Br)c2ccccc21. The predicted molar refractivity (Wildman–Crippen MR) is 68.8 cm³/mol. The number of fused-ring (bicyclic) bond motifs is 1. The third-order valence-corrected chi connectivity index (χ3v) is 5.77. The second-order valence-electron chi connectivity index (χ2n) is 3.22. The third-order valence-electron chi connectivity index (χ3n) is 2.25. The number of hydrogen-bond acceptors (Lipinski definition) is 3. The number of hydrogen-bond donors (Lipinski definition) is 1. The van der Waals surface area contributed by atoms with Crippen molar-refractivity contribution in [3.8, 4) is 0 Å². The summed E-state index contributed by atoms with van der Waals surface area (Å²) in [6, 6.07) is 6.86. The van der Waals surface area contributed by atoms with Crippen LogP contribution in [0.25, 0.3) is 4.48 Å². The first-order chi connectivity index (χ1) is 7.36. The van der Waals surface area contributed by atoms with Gasteiger partial charge in [-0.15, -0.1) is 0 Å². The van der Waals surface area contributed by atoms with Crippen molar-refractivity contribution in [1.82, 2.24) is 5.32 Å². The van der Waals surface area contributed by atoms with Crippen LogP contribution < -0.4 is 5.32 Å². The van der Waals surface area contributed by atoms with Gasteiger partial charge in [-0.1, -0.05) is 35.9 Å². The first-order valence-electron chi connectivity index (χ1n) is 4.22. The molecule has 1 aromatic carbocycles. The van der Waals surface area contributed by atoms with Crippen molar-refractivity contribution < 1.29 is 8.42 Å². The molecule has 0 saturated carbocycles. The molecule has 1 aromatic rings. The Bertz CT molecular complexity index is 573. The van der Waals surface area contributed by atoms with E-state index in [-0.39, 0.29) is 0 Å². The zero-order valence-corrected chi connectivity index (χ0v) is 11.7. The average molecular weight is 343 g/mol. The highest BCUT2D eigenvalue weighted by Gasteiger charge is 2.45. The van der Waals surface area contributed by atoms with Gasteiger partial charge >= 0.3 is 0 Å². The average Bonchev–Trinajstić information content (AvgIpc) is 2.23. The fourth-order valence-electron chi connectivity index (χ4n) is 1.49. The first-order valence-corrected chi connectivity index (χ1v) is 7.70. The molecule has 0 bridgehead atoms. The molecule has 7 heteroatoms. The molecule has 16 heavy (non-hydrogen) atoms. The van der Waals surface area contributed by atoms with Gasteiger partial charge in [-0.2, -0.15) is 0 Å². The summed E-state index contributed by atoms with van der Waals surface area (Å²) in [4.78, 5) is 0. The molecule has 0 spiro atoms. The molecule has 1 unspecified atom stereocenters. The minimum atomic E-state index is -4.00. The predicted octanol–water partition coefficient (Wildman–Crippen LogP) is 2.90. The number of benzene rings is 1. The van der Waals surface area contributed by atoms with Gasteiger partial charge in [0.15, 0.2) is 0 Å². The second kappa shape index (κ2) is 3.91. The smallest absolute Gasteiger partial charge is 0.275 e. The fraction of sp³-hybridized carbons (Fsp3) is 0.111. The van der Waals surface area contributed by atoms with E-state index in [2.05, 4.69) is 21.2 Å². The summed E-state index contributed by atoms with van der Waals surface area (Å²) >= 11 is 9.36. The van der Waals surface area contributed by atoms with E-state index in [1.165, 1.54) is 6.20 Å². The standard InChI is InChI=1S/C9H6BrCl2NO2S/c10-8-5-13-9(11,16(12,14)15)7-4-2-1-3-6(7)8/h1-5,13H. The van der Waals surface area contributed by atoms with Crippen molar-refractivity contribution >= 4 is 51.7 Å². The van der Waals surface area contributed by atoms with Gasteiger partial charge in [0.2, 0.25) is 0 Å². The summed E-state index contributed by atoms with van der Waals surface area (Å²) in [5.74, 6) is 0. The van der Waals surface area contributed by atoms with Crippen LogP contribution in [0, 0.1) is 0 Å². The molecule has 1 atom stereocenters. The van der Waals surface area contributed by atoms with E-state index in [1.807, 2.05) is 0 Å². The molecule has 0 aromatic heterocycles. The minimum Gasteiger partial charge on any atom is -0.355 e. The Kier molecular flexibility index (Phi) is 2.99. The van der Waals surface area contributed by atoms with E-state index in [9.17, 15) is 8.42 Å². The maximum atomic E-state index is 11.5. The fourth-order valence-corrected chi connectivity index (χ4v) is 3.19. The van der Waals surface area contributed by atoms with E-state index in [0.29, 0.717) is 11.1 Å². The van der Waals surface area contributed by atoms with Crippen LogP contribution in [0.1, 0.15) is 11.1 Å². The van der Waals surface area contributed by atoms with Gasteiger partial charge in [0.05, 0.1) is 0 Å². The molecule has 1 heterocycles. The van der Waals surface area contributed by atoms with Crippen molar-refractivity contribution in [1.29, 1.82) is 0 Å². The van der Waals surface area contributed by atoms with Crippen molar-refractivity contribution in [3.63, 3.8) is 0 Å². The Morgan fingerprint density at radius 3 is 2.56 bits per heavy atom. The first kappa shape index (κ1) is 12.2. The van der Waals surface area contributed by atoms with E-state index in [4.69, 9.17) is 22.3 Å². The number of halogens is 3. The molecule has 0 saturated heterocycles. The minimum absolute atomic E-state index is 0.404. The maximum absolute atomic E-state index is 11.5. The molecule has 0 amide bonds. The van der Waals surface area contributed by atoms with Gasteiger partial charge in [-0.25, -0.2) is 8.42 Å². The largest absolute Gasteiger partial charge is 0.355 e. The Hall–Kier alpha value is -0.230. The summed E-state index contributed by atoms with van der Waals surface area (Å²) in [5.41, 5.74) is 1.10. The van der Waals surface area contributed by atoms with Gasteiger partial charge in [0.1, 0.15) is 0 Å². The summed E-state index contributed by atoms with van der Waals surface area (Å²) in [6.07, 6.45) is 1.47. The highest BCUT2D eigenvalue weighted by Crippen LogP contribution is 2.43. The zero-order valence-electron chi connectivity index (χ0n) is 7.75. The Morgan fingerprint density at radius 1 is 1.31 bits per heavy atom. The van der Waals surface area contributed by atoms with Crippen molar-refractivity contribution in [2.45, 2.75) is 4.33 Å². The maximum Gasteiger partial charge on any atom is 0.275 e. The monoisotopic (exact) mass is 341 g/mol. The lowest BCUT2D eigenvalue weighted by Gasteiger charge is -2.30. The molecule has 0 fully saturated rings. The Labute approximate surface area is 111 Å². The molecule has 3 nitrogen and oxygen atoms in total. The summed E-state index contributed by atoms with van der Waals surface area (Å²) in [6.45, 7) is 0. The normalized spacial score (nSPS) is 24.3. The van der Waals surface area contributed by atoms with Crippen LogP contribution in [-0.2, 0) is 13.4 Å². The topological polar surface area (TPSA) is 46.2 Å². The molecular weight excluding hydrogens is 337 g/mol. The number of alkyl halides is 1. The van der Waals surface area contributed by atoms with Crippen molar-refractivity contribution in [2.75, 3.05) is 0 Å². The van der Waals surface area contributed by atoms with E-state index in [1.54, 1.807) is 24.3 Å². The highest BCUT2D eigenvalue weighted by atomic mass is 79.9. The van der Waals surface area contributed by atoms with Crippen LogP contribution in [0.5, 0.6) is 0 Å². The van der Waals surface area contributed by atoms with Crippen LogP contribution in [0.2, 0.25) is 0 Å². The summed E-state index contributed by atoms with van der Waals surface area (Å²) in [7, 11) is 1.36. The molecule has 1 aliphatic heterocycles. The lowest BCUT2D eigenvalue weighted by molar-refractivity contribution is 0.573. The zero-order chi connectivity index (χ0) is 12.0. The lowest BCUT2D eigenvalue weighted by Crippen LogP contribution is -2.41. The van der Waals surface area contributed by atoms with Gasteiger partial charge in [0, 0.05) is 26.9 Å². The molecular formula is C9H6BrCl2NO2S. The van der Waals surface area contributed by atoms with Crippen LogP contribution in [0.4, 0.5) is 0 Å². The molecule has 1 aliphatic rings. The van der Waals surface area contributed by atoms with Crippen LogP contribution in [0.15, 0.2) is 30.5 Å². The van der Waals surface area contributed by atoms with Crippen LogP contribution >= 0.6 is 38.2 Å². The molecule has 1 N–H and O–H groups in total. The Morgan fingerprint density at radius 2 is 1.94 bits per heavy atom. The molecule has 86 valence electrons. The molecule has 0 radical (unpaired) electrons. The number of rotatable bonds is 1.